The maximum absolute atomic E-state index is 13.8. The van der Waals surface area contributed by atoms with Crippen molar-refractivity contribution < 1.29 is 43.2 Å². The molecular formula is C47H70BN7O9. The van der Waals surface area contributed by atoms with Gasteiger partial charge in [-0.1, -0.05) is 70.5 Å². The molecule has 2 aromatic carbocycles. The third-order valence-corrected chi connectivity index (χ3v) is 13.7. The summed E-state index contributed by atoms with van der Waals surface area (Å²) in [7, 11) is -0.752. The number of carbonyl (C=O) groups is 6. The quantitative estimate of drug-likeness (QED) is 0.0599. The number of amides is 6. The summed E-state index contributed by atoms with van der Waals surface area (Å²) in [6.07, 6.45) is 4.42. The van der Waals surface area contributed by atoms with Gasteiger partial charge >= 0.3 is 7.12 Å². The van der Waals surface area contributed by atoms with E-state index in [1.807, 2.05) is 12.1 Å². The SMILES string of the molecule is CCCCc1ccc(-c2ccc(C(=O)N[C@@H](CCCCN)C(=O)N[C@H](C(=O)N[C@@H](CC)C(=O)N[C@@H](CC(N)=O)C(=O)N[C@@H](C)B3OC4C[C@@H]5C[C@@H](C5(C)C)[C@]4(C)O3)C(C)O)cc2)cc1. The number of rotatable bonds is 23. The van der Waals surface area contributed by atoms with Crippen LogP contribution in [-0.2, 0) is 39.7 Å². The Morgan fingerprint density at radius 1 is 0.781 bits per heavy atom. The number of carbonyl (C=O) groups excluding carboxylic acids is 6. The molecule has 2 unspecified atom stereocenters. The first kappa shape index (κ1) is 50.2. The fourth-order valence-electron chi connectivity index (χ4n) is 9.53. The van der Waals surface area contributed by atoms with Crippen LogP contribution in [0.15, 0.2) is 48.5 Å². The van der Waals surface area contributed by atoms with Crippen molar-refractivity contribution in [3.63, 3.8) is 0 Å². The Morgan fingerprint density at radius 2 is 1.39 bits per heavy atom. The predicted molar refractivity (Wildman–Crippen MR) is 244 cm³/mol. The highest BCUT2D eigenvalue weighted by molar-refractivity contribution is 6.47. The average Bonchev–Trinajstić information content (AvgIpc) is 3.63. The van der Waals surface area contributed by atoms with Crippen molar-refractivity contribution in [2.75, 3.05) is 6.54 Å². The second-order valence-electron chi connectivity index (χ2n) is 18.8. The van der Waals surface area contributed by atoms with Gasteiger partial charge in [-0.25, -0.2) is 0 Å². The van der Waals surface area contributed by atoms with Crippen LogP contribution in [0.4, 0.5) is 0 Å². The van der Waals surface area contributed by atoms with Crippen molar-refractivity contribution in [2.45, 2.75) is 161 Å². The molecular weight excluding hydrogens is 817 g/mol. The van der Waals surface area contributed by atoms with E-state index in [4.69, 9.17) is 20.8 Å². The molecule has 6 rings (SSSR count). The van der Waals surface area contributed by atoms with E-state index in [0.29, 0.717) is 36.8 Å². The summed E-state index contributed by atoms with van der Waals surface area (Å²) >= 11 is 0. The monoisotopic (exact) mass is 888 g/mol. The Bertz CT molecular complexity index is 1970. The second kappa shape index (κ2) is 21.9. The fraction of sp³-hybridized carbons (Fsp3) is 0.617. The van der Waals surface area contributed by atoms with Crippen molar-refractivity contribution in [2.24, 2.45) is 28.7 Å². The summed E-state index contributed by atoms with van der Waals surface area (Å²) in [4.78, 5) is 80.2. The molecule has 10 N–H and O–H groups in total. The molecule has 3 aliphatic carbocycles. The Morgan fingerprint density at radius 3 is 1.97 bits per heavy atom. The largest absolute Gasteiger partial charge is 0.481 e. The van der Waals surface area contributed by atoms with Crippen LogP contribution in [0.5, 0.6) is 0 Å². The van der Waals surface area contributed by atoms with E-state index >= 15 is 0 Å². The molecule has 350 valence electrons. The minimum absolute atomic E-state index is 0.0441. The molecule has 0 spiro atoms. The maximum atomic E-state index is 13.8. The molecule has 3 saturated carbocycles. The van der Waals surface area contributed by atoms with Crippen molar-refractivity contribution in [3.05, 3.63) is 59.7 Å². The van der Waals surface area contributed by atoms with Gasteiger partial charge in [-0.15, -0.1) is 0 Å². The minimum Gasteiger partial charge on any atom is -0.404 e. The highest BCUT2D eigenvalue weighted by Crippen LogP contribution is 2.65. The summed E-state index contributed by atoms with van der Waals surface area (Å²) in [6, 6.07) is 10.1. The Kier molecular flexibility index (Phi) is 17.2. The van der Waals surface area contributed by atoms with Crippen LogP contribution >= 0.6 is 0 Å². The predicted octanol–water partition coefficient (Wildman–Crippen LogP) is 2.82. The van der Waals surface area contributed by atoms with Gasteiger partial charge in [0.2, 0.25) is 29.5 Å². The number of aliphatic hydroxyl groups excluding tert-OH is 1. The van der Waals surface area contributed by atoms with Gasteiger partial charge in [0.25, 0.3) is 5.91 Å². The van der Waals surface area contributed by atoms with E-state index in [1.165, 1.54) is 12.5 Å². The molecule has 6 amide bonds. The van der Waals surface area contributed by atoms with Crippen LogP contribution in [0.3, 0.4) is 0 Å². The van der Waals surface area contributed by atoms with Crippen molar-refractivity contribution in [1.82, 2.24) is 26.6 Å². The van der Waals surface area contributed by atoms with E-state index in [9.17, 15) is 33.9 Å². The topological polar surface area (TPSA) is 253 Å². The normalized spacial score (nSPS) is 23.5. The number of aryl methyl sites for hydroxylation is 1. The van der Waals surface area contributed by atoms with E-state index in [1.54, 1.807) is 26.0 Å². The summed E-state index contributed by atoms with van der Waals surface area (Å²) in [6.45, 7) is 13.7. The standard InChI is InChI=1S/C47H70BN7O9/c1-8-10-13-29-15-17-30(18-16-29)31-19-21-32(22-20-31)41(58)53-35(14-11-12-23-49)43(60)55-40(27(3)56)45(62)52-34(9-2)42(59)54-36(26-39(50)57)44(61)51-28(4)48-63-38-25-33-24-37(46(33,5)6)47(38,7)64-48/h15-22,27-28,33-38,40,56H,8-14,23-26,49H2,1-7H3,(H2,50,57)(H,51,61)(H,52,62)(H,53,58)(H,54,59)(H,55,60)/t27?,28-,33-,34-,35-,36-,37-,38?,40-,47-/m0/s1. The van der Waals surface area contributed by atoms with Crippen molar-refractivity contribution in [3.8, 4) is 11.1 Å². The van der Waals surface area contributed by atoms with Crippen molar-refractivity contribution in [1.29, 1.82) is 0 Å². The first-order valence-corrected chi connectivity index (χ1v) is 23.0. The zero-order chi connectivity index (χ0) is 46.9. The van der Waals surface area contributed by atoms with Gasteiger partial charge in [0.1, 0.15) is 24.2 Å². The number of primary amides is 1. The number of benzene rings is 2. The first-order valence-electron chi connectivity index (χ1n) is 23.0. The van der Waals surface area contributed by atoms with Crippen LogP contribution in [0.25, 0.3) is 11.1 Å². The molecule has 10 atom stereocenters. The van der Waals surface area contributed by atoms with Crippen LogP contribution < -0.4 is 38.1 Å². The average molecular weight is 888 g/mol. The number of aliphatic hydroxyl groups is 1. The summed E-state index contributed by atoms with van der Waals surface area (Å²) in [5.41, 5.74) is 14.3. The number of nitrogens with two attached hydrogens (primary N) is 2. The molecule has 0 radical (unpaired) electrons. The van der Waals surface area contributed by atoms with Gasteiger partial charge in [-0.2, -0.15) is 0 Å². The summed E-state index contributed by atoms with van der Waals surface area (Å²) in [5.74, 6) is -4.25. The zero-order valence-corrected chi connectivity index (χ0v) is 38.5. The van der Waals surface area contributed by atoms with E-state index in [-0.39, 0.29) is 24.4 Å². The van der Waals surface area contributed by atoms with Gasteiger partial charge in [-0.05, 0) is 125 Å². The van der Waals surface area contributed by atoms with Gasteiger partial charge in [0.05, 0.1) is 30.2 Å². The Balaban J connectivity index is 1.18. The van der Waals surface area contributed by atoms with E-state index in [2.05, 4.69) is 78.5 Å². The summed E-state index contributed by atoms with van der Waals surface area (Å²) in [5, 5.41) is 23.9. The molecule has 1 saturated heterocycles. The molecule has 2 aromatic rings. The molecule has 4 aliphatic rings. The lowest BCUT2D eigenvalue weighted by Gasteiger charge is -2.64. The number of hydrogen-bond acceptors (Lipinski definition) is 10. The lowest BCUT2D eigenvalue weighted by atomic mass is 9.43. The molecule has 16 nitrogen and oxygen atoms in total. The molecule has 17 heteroatoms. The minimum atomic E-state index is -1.53. The maximum Gasteiger partial charge on any atom is 0.481 e. The Labute approximate surface area is 378 Å². The fourth-order valence-corrected chi connectivity index (χ4v) is 9.53. The molecule has 1 aliphatic heterocycles. The molecule has 0 aromatic heterocycles. The molecule has 2 bridgehead atoms. The summed E-state index contributed by atoms with van der Waals surface area (Å²) < 4.78 is 12.8. The highest BCUT2D eigenvalue weighted by atomic mass is 16.7. The first-order chi connectivity index (χ1) is 30.3. The van der Waals surface area contributed by atoms with Gasteiger partial charge in [0, 0.05) is 5.56 Å². The third-order valence-electron chi connectivity index (χ3n) is 13.7. The van der Waals surface area contributed by atoms with Gasteiger partial charge < -0.3 is 52.5 Å². The number of hydrogen-bond donors (Lipinski definition) is 8. The third kappa shape index (κ3) is 11.9. The Hall–Kier alpha value is -4.84. The van der Waals surface area contributed by atoms with Crippen LogP contribution in [-0.4, -0.2) is 102 Å². The lowest BCUT2D eigenvalue weighted by molar-refractivity contribution is -0.199. The van der Waals surface area contributed by atoms with Crippen LogP contribution in [0.2, 0.25) is 0 Å². The number of unbranched alkanes of at least 4 members (excludes halogenated alkanes) is 2. The van der Waals surface area contributed by atoms with Crippen LogP contribution in [0, 0.1) is 17.3 Å². The molecule has 64 heavy (non-hydrogen) atoms. The van der Waals surface area contributed by atoms with Crippen molar-refractivity contribution >= 4 is 42.6 Å². The number of nitrogens with one attached hydrogen (secondary N) is 5. The highest BCUT2D eigenvalue weighted by Gasteiger charge is 2.68. The van der Waals surface area contributed by atoms with Gasteiger partial charge in [-0.3, -0.25) is 28.8 Å². The molecule has 1 heterocycles. The second-order valence-corrected chi connectivity index (χ2v) is 18.8. The molecule has 4 fully saturated rings. The smallest absolute Gasteiger partial charge is 0.404 e. The zero-order valence-electron chi connectivity index (χ0n) is 38.5. The van der Waals surface area contributed by atoms with E-state index in [0.717, 1.165) is 43.2 Å². The van der Waals surface area contributed by atoms with Gasteiger partial charge in [0.15, 0.2) is 0 Å². The lowest BCUT2D eigenvalue weighted by Crippen LogP contribution is -2.65. The van der Waals surface area contributed by atoms with Crippen LogP contribution in [0.1, 0.15) is 122 Å². The van der Waals surface area contributed by atoms with E-state index < -0.39 is 90.8 Å².